The van der Waals surface area contributed by atoms with E-state index in [0.29, 0.717) is 5.92 Å². The van der Waals surface area contributed by atoms with E-state index in [1.807, 2.05) is 6.07 Å². The van der Waals surface area contributed by atoms with Crippen molar-refractivity contribution < 1.29 is 15.3 Å². The third kappa shape index (κ3) is 1.68. The van der Waals surface area contributed by atoms with Crippen LogP contribution in [0.25, 0.3) is 0 Å². The maximum absolute atomic E-state index is 11.4. The van der Waals surface area contributed by atoms with Gasteiger partial charge in [-0.05, 0) is 79.0 Å². The van der Waals surface area contributed by atoms with Gasteiger partial charge in [0.2, 0.25) is 0 Å². The minimum atomic E-state index is -0.768. The molecule has 1 aromatic carbocycles. The Morgan fingerprint density at radius 1 is 1.10 bits per heavy atom. The van der Waals surface area contributed by atoms with E-state index in [1.54, 1.807) is 12.1 Å². The van der Waals surface area contributed by atoms with Crippen molar-refractivity contribution in [2.45, 2.75) is 57.2 Å². The average molecular weight is 288 g/mol. The Hall–Kier alpha value is -1.06. The maximum Gasteiger partial charge on any atom is 0.115 e. The van der Waals surface area contributed by atoms with Crippen molar-refractivity contribution in [1.82, 2.24) is 0 Å². The van der Waals surface area contributed by atoms with Crippen LogP contribution >= 0.6 is 0 Å². The first-order chi connectivity index (χ1) is 9.95. The van der Waals surface area contributed by atoms with Gasteiger partial charge in [-0.1, -0.05) is 13.0 Å². The molecule has 1 aromatic rings. The molecule has 5 atom stereocenters. The molecule has 3 N–H and O–H groups in total. The van der Waals surface area contributed by atoms with Gasteiger partial charge >= 0.3 is 0 Å². The summed E-state index contributed by atoms with van der Waals surface area (Å²) in [6.07, 6.45) is 5.16. The summed E-state index contributed by atoms with van der Waals surface area (Å²) in [5.74, 6) is 0.936. The molecule has 2 fully saturated rings. The third-order valence-electron chi connectivity index (χ3n) is 6.78. The van der Waals surface area contributed by atoms with Crippen molar-refractivity contribution in [3.63, 3.8) is 0 Å². The van der Waals surface area contributed by atoms with E-state index in [9.17, 15) is 15.3 Å². The Morgan fingerprint density at radius 2 is 1.90 bits per heavy atom. The van der Waals surface area contributed by atoms with Gasteiger partial charge in [0.1, 0.15) is 5.75 Å². The molecule has 0 spiro atoms. The molecule has 4 rings (SSSR count). The smallest absolute Gasteiger partial charge is 0.115 e. The first-order valence-electron chi connectivity index (χ1n) is 8.18. The zero-order valence-electron chi connectivity index (χ0n) is 12.5. The summed E-state index contributed by atoms with van der Waals surface area (Å²) < 4.78 is 0. The number of aliphatic hydroxyl groups is 2. The van der Waals surface area contributed by atoms with Gasteiger partial charge in [-0.15, -0.1) is 0 Å². The van der Waals surface area contributed by atoms with Gasteiger partial charge in [0.25, 0.3) is 0 Å². The first-order valence-corrected chi connectivity index (χ1v) is 8.18. The predicted octanol–water partition coefficient (Wildman–Crippen LogP) is 2.71. The fourth-order valence-corrected chi connectivity index (χ4v) is 5.53. The van der Waals surface area contributed by atoms with Crippen LogP contribution in [0.5, 0.6) is 5.75 Å². The maximum atomic E-state index is 11.4. The number of phenolic OH excluding ortho intramolecular Hbond substituents is 1. The lowest BCUT2D eigenvalue weighted by Crippen LogP contribution is -2.52. The second kappa shape index (κ2) is 4.23. The van der Waals surface area contributed by atoms with E-state index in [2.05, 4.69) is 6.92 Å². The normalized spacial score (nSPS) is 44.8. The summed E-state index contributed by atoms with van der Waals surface area (Å²) >= 11 is 0. The number of hydrogen-bond acceptors (Lipinski definition) is 3. The zero-order valence-corrected chi connectivity index (χ0v) is 12.5. The number of rotatable bonds is 0. The summed E-state index contributed by atoms with van der Waals surface area (Å²) in [7, 11) is 0. The van der Waals surface area contributed by atoms with Gasteiger partial charge in [-0.2, -0.15) is 0 Å². The molecular weight excluding hydrogens is 264 g/mol. The highest BCUT2D eigenvalue weighted by Crippen LogP contribution is 2.62. The summed E-state index contributed by atoms with van der Waals surface area (Å²) in [6, 6.07) is 5.40. The largest absolute Gasteiger partial charge is 0.508 e. The van der Waals surface area contributed by atoms with Crippen LogP contribution in [0.1, 0.15) is 50.2 Å². The number of phenols is 1. The van der Waals surface area contributed by atoms with Crippen LogP contribution in [0.3, 0.4) is 0 Å². The molecular formula is C18H24O3. The molecule has 114 valence electrons. The van der Waals surface area contributed by atoms with Crippen LogP contribution < -0.4 is 0 Å². The lowest BCUT2D eigenvalue weighted by molar-refractivity contribution is -0.142. The number of hydrogen-bond donors (Lipinski definition) is 3. The lowest BCUT2D eigenvalue weighted by atomic mass is 9.53. The van der Waals surface area contributed by atoms with Crippen molar-refractivity contribution in [2.24, 2.45) is 17.3 Å². The highest BCUT2D eigenvalue weighted by atomic mass is 16.3. The lowest BCUT2D eigenvalue weighted by Gasteiger charge is -2.54. The Labute approximate surface area is 125 Å². The Bertz CT molecular complexity index is 584. The molecule has 0 saturated heterocycles. The molecule has 3 heteroatoms. The van der Waals surface area contributed by atoms with Gasteiger partial charge in [-0.25, -0.2) is 0 Å². The number of fused-ring (bicyclic) bond motifs is 5. The Morgan fingerprint density at radius 3 is 2.71 bits per heavy atom. The number of aromatic hydroxyl groups is 1. The van der Waals surface area contributed by atoms with E-state index < -0.39 is 5.60 Å². The monoisotopic (exact) mass is 288 g/mol. The fourth-order valence-electron chi connectivity index (χ4n) is 5.53. The molecule has 3 aliphatic rings. The summed E-state index contributed by atoms with van der Waals surface area (Å²) in [6.45, 7) is 2.21. The van der Waals surface area contributed by atoms with Crippen molar-refractivity contribution >= 4 is 0 Å². The van der Waals surface area contributed by atoms with Gasteiger partial charge in [0, 0.05) is 0 Å². The Kier molecular flexibility index (Phi) is 2.74. The standard InChI is InChI=1S/C18H24O3/c1-17-8-9-18(21)13-5-3-12(19)10-11(13)2-4-15(18)14(17)6-7-16(17)20/h3,5,10,14-16,19-21H,2,4,6-9H2,1H3/t14-,15+,16-,17-,18-/m0/s1. The number of aryl methyl sites for hydroxylation is 1. The number of aliphatic hydroxyl groups excluding tert-OH is 1. The van der Waals surface area contributed by atoms with Crippen LogP contribution in [0.15, 0.2) is 18.2 Å². The molecule has 0 aliphatic heterocycles. The van der Waals surface area contributed by atoms with Gasteiger partial charge in [-0.3, -0.25) is 0 Å². The molecule has 0 amide bonds. The highest BCUT2D eigenvalue weighted by molar-refractivity contribution is 5.41. The predicted molar refractivity (Wildman–Crippen MR) is 79.9 cm³/mol. The molecule has 0 heterocycles. The summed E-state index contributed by atoms with van der Waals surface area (Å²) in [4.78, 5) is 0. The van der Waals surface area contributed by atoms with Gasteiger partial charge in [0.15, 0.2) is 0 Å². The topological polar surface area (TPSA) is 60.7 Å². The van der Waals surface area contributed by atoms with E-state index in [0.717, 1.165) is 49.7 Å². The van der Waals surface area contributed by atoms with Crippen LogP contribution in [0.2, 0.25) is 0 Å². The molecule has 3 aliphatic carbocycles. The average Bonchev–Trinajstić information content (AvgIpc) is 2.75. The van der Waals surface area contributed by atoms with Crippen LogP contribution in [0, 0.1) is 17.3 Å². The van der Waals surface area contributed by atoms with Crippen LogP contribution in [0.4, 0.5) is 0 Å². The highest BCUT2D eigenvalue weighted by Gasteiger charge is 2.59. The SMILES string of the molecule is C[C@]12CC[C@]3(O)c4ccc(O)cc4CC[C@@H]3[C@@H]1CC[C@@H]2O. The fraction of sp³-hybridized carbons (Fsp3) is 0.667. The summed E-state index contributed by atoms with van der Waals surface area (Å²) in [5, 5.41) is 31.5. The van der Waals surface area contributed by atoms with Gasteiger partial charge < -0.3 is 15.3 Å². The minimum Gasteiger partial charge on any atom is -0.508 e. The van der Waals surface area contributed by atoms with E-state index in [1.165, 1.54) is 0 Å². The number of benzene rings is 1. The van der Waals surface area contributed by atoms with Crippen molar-refractivity contribution in [3.05, 3.63) is 29.3 Å². The van der Waals surface area contributed by atoms with Gasteiger partial charge in [0.05, 0.1) is 11.7 Å². The van der Waals surface area contributed by atoms with Crippen molar-refractivity contribution in [3.8, 4) is 5.75 Å². The molecule has 0 unspecified atom stereocenters. The molecule has 21 heavy (non-hydrogen) atoms. The van der Waals surface area contributed by atoms with E-state index >= 15 is 0 Å². The quantitative estimate of drug-likeness (QED) is 0.688. The second-order valence-electron chi connectivity index (χ2n) is 7.62. The Balaban J connectivity index is 1.78. The minimum absolute atomic E-state index is 0.0225. The van der Waals surface area contributed by atoms with Crippen molar-refractivity contribution in [2.75, 3.05) is 0 Å². The molecule has 3 nitrogen and oxygen atoms in total. The molecule has 0 bridgehead atoms. The third-order valence-corrected chi connectivity index (χ3v) is 6.78. The van der Waals surface area contributed by atoms with E-state index in [4.69, 9.17) is 0 Å². The first kappa shape index (κ1) is 13.6. The zero-order chi connectivity index (χ0) is 14.8. The van der Waals surface area contributed by atoms with E-state index in [-0.39, 0.29) is 23.2 Å². The van der Waals surface area contributed by atoms with Crippen LogP contribution in [-0.4, -0.2) is 21.4 Å². The molecule has 0 aromatic heterocycles. The molecule has 2 saturated carbocycles. The second-order valence-corrected chi connectivity index (χ2v) is 7.62. The molecule has 0 radical (unpaired) electrons. The summed E-state index contributed by atoms with van der Waals surface area (Å²) in [5.41, 5.74) is 1.32. The van der Waals surface area contributed by atoms with Crippen LogP contribution in [-0.2, 0) is 12.0 Å². The van der Waals surface area contributed by atoms with Crippen molar-refractivity contribution in [1.29, 1.82) is 0 Å².